The highest BCUT2D eigenvalue weighted by Crippen LogP contribution is 2.30. The number of carbonyl (C=O) groups excluding carboxylic acids is 1. The van der Waals surface area contributed by atoms with Crippen LogP contribution >= 0.6 is 11.6 Å². The highest BCUT2D eigenvalue weighted by atomic mass is 35.5. The molecule has 3 rings (SSSR count). The van der Waals surface area contributed by atoms with Gasteiger partial charge in [0.2, 0.25) is 0 Å². The lowest BCUT2D eigenvalue weighted by molar-refractivity contribution is 0.100. The maximum Gasteiger partial charge on any atom is 0.252 e. The van der Waals surface area contributed by atoms with E-state index in [1.807, 2.05) is 50.2 Å². The molecule has 0 saturated heterocycles. The molecule has 0 atom stereocenters. The number of nitrogens with two attached hydrogens (primary N) is 1. The third kappa shape index (κ3) is 3.86. The first-order chi connectivity index (χ1) is 12.5. The van der Waals surface area contributed by atoms with Gasteiger partial charge in [0.25, 0.3) is 5.91 Å². The number of nitrogens with one attached hydrogen (secondary N) is 1. The molecule has 26 heavy (non-hydrogen) atoms. The van der Waals surface area contributed by atoms with Crippen molar-refractivity contribution in [2.45, 2.75) is 26.5 Å². The summed E-state index contributed by atoms with van der Waals surface area (Å²) in [6, 6.07) is 13.4. The maximum absolute atomic E-state index is 11.6. The van der Waals surface area contributed by atoms with Crippen LogP contribution in [0.3, 0.4) is 0 Å². The Bertz CT molecular complexity index is 959. The molecule has 0 saturated carbocycles. The summed E-state index contributed by atoms with van der Waals surface area (Å²) in [5.41, 5.74) is 6.56. The number of ether oxygens (including phenoxy) is 1. The van der Waals surface area contributed by atoms with E-state index in [1.54, 1.807) is 0 Å². The summed E-state index contributed by atoms with van der Waals surface area (Å²) >= 11 is 5.81. The van der Waals surface area contributed by atoms with E-state index in [0.29, 0.717) is 6.54 Å². The van der Waals surface area contributed by atoms with Crippen LogP contribution in [0.15, 0.2) is 42.5 Å². The number of aromatic nitrogens is 2. The van der Waals surface area contributed by atoms with Gasteiger partial charge in [0.15, 0.2) is 11.0 Å². The second kappa shape index (κ2) is 7.58. The van der Waals surface area contributed by atoms with Gasteiger partial charge >= 0.3 is 0 Å². The topological polar surface area (TPSA) is 90.1 Å². The summed E-state index contributed by atoms with van der Waals surface area (Å²) in [7, 11) is 0. The molecule has 0 aliphatic rings. The third-order valence-electron chi connectivity index (χ3n) is 3.82. The molecule has 134 valence electrons. The van der Waals surface area contributed by atoms with Crippen LogP contribution in [0.5, 0.6) is 5.75 Å². The second-order valence-electron chi connectivity index (χ2n) is 6.08. The number of primary amides is 1. The molecule has 0 aliphatic carbocycles. The summed E-state index contributed by atoms with van der Waals surface area (Å²) in [5, 5.41) is 13.1. The lowest BCUT2D eigenvalue weighted by Crippen LogP contribution is -2.17. The van der Waals surface area contributed by atoms with Gasteiger partial charge in [0.05, 0.1) is 11.7 Å². The van der Waals surface area contributed by atoms with Gasteiger partial charge < -0.3 is 15.8 Å². The molecule has 3 N–H and O–H groups in total. The molecule has 0 unspecified atom stereocenters. The number of fused-ring (bicyclic) bond motifs is 1. The van der Waals surface area contributed by atoms with Crippen LogP contribution in [-0.2, 0) is 6.54 Å². The zero-order chi connectivity index (χ0) is 18.7. The van der Waals surface area contributed by atoms with Gasteiger partial charge in [-0.3, -0.25) is 4.79 Å². The van der Waals surface area contributed by atoms with E-state index in [-0.39, 0.29) is 22.6 Å². The van der Waals surface area contributed by atoms with Gasteiger partial charge in [-0.05, 0) is 36.8 Å². The average Bonchev–Trinajstić information content (AvgIpc) is 2.61. The molecule has 0 fully saturated rings. The quantitative estimate of drug-likeness (QED) is 0.689. The van der Waals surface area contributed by atoms with Crippen molar-refractivity contribution >= 4 is 34.1 Å². The van der Waals surface area contributed by atoms with Crippen molar-refractivity contribution in [2.24, 2.45) is 5.73 Å². The molecule has 1 amide bonds. The van der Waals surface area contributed by atoms with Crippen molar-refractivity contribution < 1.29 is 9.53 Å². The van der Waals surface area contributed by atoms with Gasteiger partial charge in [-0.25, -0.2) is 0 Å². The second-order valence-corrected chi connectivity index (χ2v) is 6.46. The van der Waals surface area contributed by atoms with E-state index in [4.69, 9.17) is 22.1 Å². The molecule has 0 radical (unpaired) electrons. The summed E-state index contributed by atoms with van der Waals surface area (Å²) in [6.45, 7) is 4.34. The molecule has 0 aliphatic heterocycles. The summed E-state index contributed by atoms with van der Waals surface area (Å²) in [4.78, 5) is 11.6. The molecule has 1 heterocycles. The van der Waals surface area contributed by atoms with E-state index < -0.39 is 5.91 Å². The SMILES string of the molecule is CC(C)Oc1ccc2ccccc2c1CNc1nnc(Cl)cc1C(N)=O. The molecule has 2 aromatic carbocycles. The van der Waals surface area contributed by atoms with Gasteiger partial charge in [-0.1, -0.05) is 41.9 Å². The van der Waals surface area contributed by atoms with Crippen LogP contribution in [-0.4, -0.2) is 22.2 Å². The van der Waals surface area contributed by atoms with E-state index in [9.17, 15) is 4.79 Å². The number of rotatable bonds is 6. The van der Waals surface area contributed by atoms with Crippen LogP contribution in [0.25, 0.3) is 10.8 Å². The number of hydrogen-bond acceptors (Lipinski definition) is 5. The van der Waals surface area contributed by atoms with E-state index in [1.165, 1.54) is 6.07 Å². The minimum atomic E-state index is -0.624. The molecule has 0 bridgehead atoms. The Morgan fingerprint density at radius 1 is 1.23 bits per heavy atom. The Hall–Kier alpha value is -2.86. The first-order valence-electron chi connectivity index (χ1n) is 8.20. The average molecular weight is 371 g/mol. The number of nitrogens with zero attached hydrogens (tertiary/aromatic N) is 2. The highest BCUT2D eigenvalue weighted by Gasteiger charge is 2.14. The zero-order valence-corrected chi connectivity index (χ0v) is 15.2. The lowest BCUT2D eigenvalue weighted by Gasteiger charge is -2.17. The van der Waals surface area contributed by atoms with Crippen LogP contribution in [0.4, 0.5) is 5.82 Å². The minimum Gasteiger partial charge on any atom is -0.491 e. The van der Waals surface area contributed by atoms with Crippen LogP contribution in [0, 0.1) is 0 Å². The van der Waals surface area contributed by atoms with E-state index in [0.717, 1.165) is 22.1 Å². The molecule has 0 spiro atoms. The molecular formula is C19H19ClN4O2. The molecular weight excluding hydrogens is 352 g/mol. The molecule has 1 aromatic heterocycles. The highest BCUT2D eigenvalue weighted by molar-refractivity contribution is 6.29. The monoisotopic (exact) mass is 370 g/mol. The number of anilines is 1. The Morgan fingerprint density at radius 3 is 2.73 bits per heavy atom. The van der Waals surface area contributed by atoms with Crippen molar-refractivity contribution in [3.05, 3.63) is 58.7 Å². The predicted octanol–water partition coefficient (Wildman–Crippen LogP) is 3.78. The van der Waals surface area contributed by atoms with Crippen LogP contribution in [0.2, 0.25) is 5.15 Å². The summed E-state index contributed by atoms with van der Waals surface area (Å²) in [6.07, 6.45) is 0.0337. The fraction of sp³-hybridized carbons (Fsp3) is 0.211. The van der Waals surface area contributed by atoms with Crippen LogP contribution < -0.4 is 15.8 Å². The summed E-state index contributed by atoms with van der Waals surface area (Å²) in [5.74, 6) is 0.431. The number of hydrogen-bond donors (Lipinski definition) is 2. The van der Waals surface area contributed by atoms with Gasteiger partial charge in [-0.15, -0.1) is 10.2 Å². The fourth-order valence-corrected chi connectivity index (χ4v) is 2.87. The van der Waals surface area contributed by atoms with Crippen molar-refractivity contribution in [1.82, 2.24) is 10.2 Å². The van der Waals surface area contributed by atoms with Gasteiger partial charge in [0, 0.05) is 12.1 Å². The Morgan fingerprint density at radius 2 is 2.00 bits per heavy atom. The zero-order valence-electron chi connectivity index (χ0n) is 14.5. The maximum atomic E-state index is 11.6. The molecule has 7 heteroatoms. The standard InChI is InChI=1S/C19H19ClN4O2/c1-11(2)26-16-8-7-12-5-3-4-6-13(12)15(16)10-22-19-14(18(21)25)9-17(20)23-24-19/h3-9,11H,10H2,1-2H3,(H2,21,25)(H,22,24). The number of carbonyl (C=O) groups is 1. The number of amides is 1. The Labute approximate surface area is 156 Å². The van der Waals surface area contributed by atoms with Crippen molar-refractivity contribution in [1.29, 1.82) is 0 Å². The molecule has 3 aromatic rings. The van der Waals surface area contributed by atoms with Gasteiger partial charge in [-0.2, -0.15) is 0 Å². The predicted molar refractivity (Wildman–Crippen MR) is 103 cm³/mol. The van der Waals surface area contributed by atoms with Crippen molar-refractivity contribution in [3.63, 3.8) is 0 Å². The van der Waals surface area contributed by atoms with Gasteiger partial charge in [0.1, 0.15) is 5.75 Å². The lowest BCUT2D eigenvalue weighted by atomic mass is 10.0. The minimum absolute atomic E-state index is 0.0337. The molecule has 6 nitrogen and oxygen atoms in total. The van der Waals surface area contributed by atoms with Crippen molar-refractivity contribution in [3.8, 4) is 5.75 Å². The summed E-state index contributed by atoms with van der Waals surface area (Å²) < 4.78 is 5.95. The fourth-order valence-electron chi connectivity index (χ4n) is 2.72. The Balaban J connectivity index is 1.99. The number of halogens is 1. The van der Waals surface area contributed by atoms with Crippen molar-refractivity contribution in [2.75, 3.05) is 5.32 Å². The largest absolute Gasteiger partial charge is 0.491 e. The van der Waals surface area contributed by atoms with E-state index in [2.05, 4.69) is 15.5 Å². The first-order valence-corrected chi connectivity index (χ1v) is 8.57. The number of benzene rings is 2. The van der Waals surface area contributed by atoms with Crippen LogP contribution in [0.1, 0.15) is 29.8 Å². The third-order valence-corrected chi connectivity index (χ3v) is 4.01. The Kier molecular flexibility index (Phi) is 5.23. The normalized spacial score (nSPS) is 10.9. The first kappa shape index (κ1) is 17.9. The smallest absolute Gasteiger partial charge is 0.252 e. The van der Waals surface area contributed by atoms with E-state index >= 15 is 0 Å².